The third kappa shape index (κ3) is 5.72. The van der Waals surface area contributed by atoms with E-state index in [1.54, 1.807) is 0 Å². The van der Waals surface area contributed by atoms with Crippen LogP contribution in [0.1, 0.15) is 56.1 Å². The Labute approximate surface area is 210 Å². The third-order valence-electron chi connectivity index (χ3n) is 7.98. The minimum Gasteiger partial charge on any atom is -0.507 e. The maximum absolute atomic E-state index is 13.0. The summed E-state index contributed by atoms with van der Waals surface area (Å²) in [5, 5.41) is 28.4. The largest absolute Gasteiger partial charge is 0.507 e. The molecule has 2 fully saturated rings. The predicted octanol–water partition coefficient (Wildman–Crippen LogP) is 3.04. The first-order valence-electron chi connectivity index (χ1n) is 13.1. The smallest absolute Gasteiger partial charge is 0.416 e. The number of hydrogen-bond donors (Lipinski definition) is 4. The van der Waals surface area contributed by atoms with Crippen molar-refractivity contribution < 1.29 is 23.4 Å². The van der Waals surface area contributed by atoms with Gasteiger partial charge in [0.25, 0.3) is 0 Å². The molecule has 5 rings (SSSR count). The number of hydrogen-bond acceptors (Lipinski definition) is 7. The van der Waals surface area contributed by atoms with Crippen LogP contribution in [0.15, 0.2) is 34.4 Å². The molecule has 10 heteroatoms. The molecule has 1 aromatic carbocycles. The topological polar surface area (TPSA) is 83.4 Å². The lowest BCUT2D eigenvalue weighted by molar-refractivity contribution is -0.137. The Hall–Kier alpha value is -2.14. The molecule has 0 bridgehead atoms. The van der Waals surface area contributed by atoms with Crippen molar-refractivity contribution in [1.29, 1.82) is 0 Å². The minimum absolute atomic E-state index is 0.101. The number of likely N-dealkylation sites (tertiary alicyclic amines) is 2. The SMILES string of the molecule is Oc1cc(C(F)(F)F)ccc1C1=NNC(NC2CCCN(CCN3CCC(O)CC3)C2)C2=C1CCC2. The highest BCUT2D eigenvalue weighted by Gasteiger charge is 2.35. The quantitative estimate of drug-likeness (QED) is 0.474. The standard InChI is InChI=1S/C26H36F3N5O2/c27-26(28,29)17-6-7-22(23(36)15-17)24-20-4-1-5-21(20)25(32-31-24)30-18-3-2-10-34(16-18)14-13-33-11-8-19(35)9-12-33/h6-7,15,18-19,25,30,32,35-36H,1-5,8-14,16H2. The zero-order valence-electron chi connectivity index (χ0n) is 20.5. The van der Waals surface area contributed by atoms with E-state index in [1.165, 1.54) is 11.6 Å². The van der Waals surface area contributed by atoms with E-state index in [2.05, 4.69) is 25.6 Å². The lowest BCUT2D eigenvalue weighted by Gasteiger charge is -2.38. The first-order chi connectivity index (χ1) is 17.3. The van der Waals surface area contributed by atoms with E-state index < -0.39 is 17.5 Å². The van der Waals surface area contributed by atoms with Crippen molar-refractivity contribution in [3.05, 3.63) is 40.5 Å². The molecule has 2 unspecified atom stereocenters. The second kappa shape index (κ2) is 10.7. The van der Waals surface area contributed by atoms with Gasteiger partial charge in [-0.05, 0) is 80.8 Å². The summed E-state index contributed by atoms with van der Waals surface area (Å²) >= 11 is 0. The van der Waals surface area contributed by atoms with Gasteiger partial charge in [0.15, 0.2) is 0 Å². The van der Waals surface area contributed by atoms with Gasteiger partial charge in [-0.15, -0.1) is 0 Å². The highest BCUT2D eigenvalue weighted by molar-refractivity contribution is 6.15. The highest BCUT2D eigenvalue weighted by Crippen LogP contribution is 2.37. The van der Waals surface area contributed by atoms with Crippen LogP contribution in [-0.4, -0.2) is 83.3 Å². The zero-order valence-corrected chi connectivity index (χ0v) is 20.5. The molecular weight excluding hydrogens is 471 g/mol. The molecule has 4 aliphatic rings. The van der Waals surface area contributed by atoms with Gasteiger partial charge >= 0.3 is 6.18 Å². The first kappa shape index (κ1) is 25.5. The molecule has 3 heterocycles. The Bertz CT molecular complexity index is 1000. The van der Waals surface area contributed by atoms with E-state index in [0.717, 1.165) is 102 Å². The molecule has 0 spiro atoms. The third-order valence-corrected chi connectivity index (χ3v) is 7.98. The van der Waals surface area contributed by atoms with Crippen molar-refractivity contribution >= 4 is 5.71 Å². The van der Waals surface area contributed by atoms with Crippen molar-refractivity contribution in [1.82, 2.24) is 20.5 Å². The fraction of sp³-hybridized carbons (Fsp3) is 0.654. The van der Waals surface area contributed by atoms with Crippen LogP contribution in [0.2, 0.25) is 0 Å². The Kier molecular flexibility index (Phi) is 7.57. The van der Waals surface area contributed by atoms with Gasteiger partial charge in [0.1, 0.15) is 11.9 Å². The number of benzene rings is 1. The summed E-state index contributed by atoms with van der Waals surface area (Å²) in [5.74, 6) is -0.401. The molecule has 0 aromatic heterocycles. The molecule has 2 atom stereocenters. The van der Waals surface area contributed by atoms with Crippen molar-refractivity contribution in [3.63, 3.8) is 0 Å². The Morgan fingerprint density at radius 3 is 2.56 bits per heavy atom. The van der Waals surface area contributed by atoms with Gasteiger partial charge in [0, 0.05) is 44.3 Å². The van der Waals surface area contributed by atoms with E-state index in [4.69, 9.17) is 0 Å². The number of aliphatic hydroxyl groups is 1. The number of phenolic OH excluding ortho intramolecular Hbond substituents is 1. The van der Waals surface area contributed by atoms with Gasteiger partial charge in [-0.2, -0.15) is 18.3 Å². The van der Waals surface area contributed by atoms with Crippen molar-refractivity contribution in [3.8, 4) is 5.75 Å². The van der Waals surface area contributed by atoms with Crippen molar-refractivity contribution in [2.45, 2.75) is 69.4 Å². The molecular formula is C26H36F3N5O2. The molecule has 2 saturated heterocycles. The summed E-state index contributed by atoms with van der Waals surface area (Å²) in [7, 11) is 0. The summed E-state index contributed by atoms with van der Waals surface area (Å²) < 4.78 is 39.1. The predicted molar refractivity (Wildman–Crippen MR) is 132 cm³/mol. The molecule has 1 aromatic rings. The van der Waals surface area contributed by atoms with E-state index in [0.29, 0.717) is 17.3 Å². The summed E-state index contributed by atoms with van der Waals surface area (Å²) in [6.45, 7) is 6.04. The normalized spacial score (nSPS) is 26.6. The number of allylic oxidation sites excluding steroid dienone is 1. The number of nitrogens with zero attached hydrogens (tertiary/aromatic N) is 3. The average Bonchev–Trinajstić information content (AvgIpc) is 3.35. The fourth-order valence-electron chi connectivity index (χ4n) is 5.96. The molecule has 0 radical (unpaired) electrons. The van der Waals surface area contributed by atoms with Gasteiger partial charge < -0.3 is 20.0 Å². The van der Waals surface area contributed by atoms with Gasteiger partial charge in [0.2, 0.25) is 0 Å². The van der Waals surface area contributed by atoms with Crippen LogP contribution in [-0.2, 0) is 6.18 Å². The molecule has 7 nitrogen and oxygen atoms in total. The number of phenols is 1. The van der Waals surface area contributed by atoms with Gasteiger partial charge in [-0.1, -0.05) is 0 Å². The maximum atomic E-state index is 13.0. The first-order valence-corrected chi connectivity index (χ1v) is 13.1. The maximum Gasteiger partial charge on any atom is 0.416 e. The summed E-state index contributed by atoms with van der Waals surface area (Å²) in [4.78, 5) is 4.95. The summed E-state index contributed by atoms with van der Waals surface area (Å²) in [6, 6.07) is 3.42. The molecule has 0 amide bonds. The lowest BCUT2D eigenvalue weighted by Crippen LogP contribution is -2.55. The van der Waals surface area contributed by atoms with Gasteiger partial charge in [-0.3, -0.25) is 10.7 Å². The summed E-state index contributed by atoms with van der Waals surface area (Å²) in [5.41, 5.74) is 5.43. The van der Waals surface area contributed by atoms with E-state index in [1.807, 2.05) is 0 Å². The molecule has 0 saturated carbocycles. The Balaban J connectivity index is 1.21. The van der Waals surface area contributed by atoms with E-state index in [-0.39, 0.29) is 12.3 Å². The van der Waals surface area contributed by atoms with Crippen LogP contribution in [0.25, 0.3) is 0 Å². The van der Waals surface area contributed by atoms with Crippen LogP contribution in [0.5, 0.6) is 5.75 Å². The Morgan fingerprint density at radius 2 is 1.81 bits per heavy atom. The molecule has 4 N–H and O–H groups in total. The van der Waals surface area contributed by atoms with E-state index in [9.17, 15) is 23.4 Å². The number of alkyl halides is 3. The minimum atomic E-state index is -4.50. The number of aromatic hydroxyl groups is 1. The average molecular weight is 508 g/mol. The monoisotopic (exact) mass is 507 g/mol. The molecule has 198 valence electrons. The number of piperidine rings is 2. The fourth-order valence-corrected chi connectivity index (χ4v) is 5.96. The van der Waals surface area contributed by atoms with Crippen molar-refractivity contribution in [2.75, 3.05) is 39.3 Å². The van der Waals surface area contributed by atoms with Crippen LogP contribution in [0.4, 0.5) is 13.2 Å². The number of hydrazone groups is 1. The second-order valence-electron chi connectivity index (χ2n) is 10.5. The number of nitrogens with one attached hydrogen (secondary N) is 2. The van der Waals surface area contributed by atoms with Crippen LogP contribution in [0.3, 0.4) is 0 Å². The van der Waals surface area contributed by atoms with Crippen LogP contribution in [0, 0.1) is 0 Å². The lowest BCUT2D eigenvalue weighted by atomic mass is 9.94. The van der Waals surface area contributed by atoms with E-state index >= 15 is 0 Å². The number of halogens is 3. The van der Waals surface area contributed by atoms with Crippen LogP contribution < -0.4 is 10.7 Å². The summed E-state index contributed by atoms with van der Waals surface area (Å²) in [6.07, 6.45) is 1.86. The molecule has 1 aliphatic carbocycles. The zero-order chi connectivity index (χ0) is 25.3. The second-order valence-corrected chi connectivity index (χ2v) is 10.5. The van der Waals surface area contributed by atoms with Crippen LogP contribution >= 0.6 is 0 Å². The molecule has 3 aliphatic heterocycles. The molecule has 36 heavy (non-hydrogen) atoms. The van der Waals surface area contributed by atoms with Gasteiger partial charge in [0.05, 0.1) is 17.4 Å². The Morgan fingerprint density at radius 1 is 1.03 bits per heavy atom. The number of rotatable bonds is 6. The highest BCUT2D eigenvalue weighted by atomic mass is 19.4. The van der Waals surface area contributed by atoms with Gasteiger partial charge in [-0.25, -0.2) is 0 Å². The number of aliphatic hydroxyl groups excluding tert-OH is 1. The van der Waals surface area contributed by atoms with Crippen molar-refractivity contribution in [2.24, 2.45) is 5.10 Å².